The highest BCUT2D eigenvalue weighted by atomic mass is 32.2. The fourth-order valence-electron chi connectivity index (χ4n) is 2.06. The third-order valence-electron chi connectivity index (χ3n) is 3.17. The average Bonchev–Trinajstić information content (AvgIpc) is 2.35. The van der Waals surface area contributed by atoms with Crippen molar-refractivity contribution in [2.45, 2.75) is 26.2 Å². The minimum Gasteiger partial charge on any atom is -0.399 e. The second-order valence-electron chi connectivity index (χ2n) is 4.64. The lowest BCUT2D eigenvalue weighted by molar-refractivity contribution is 0.349. The maximum atomic E-state index is 12.1. The molecule has 1 saturated heterocycles. The molecule has 0 aliphatic carbocycles. The Balaban J connectivity index is 2.13. The first-order valence-electron chi connectivity index (χ1n) is 6.13. The summed E-state index contributed by atoms with van der Waals surface area (Å²) in [5.74, 6) is 0. The summed E-state index contributed by atoms with van der Waals surface area (Å²) in [7, 11) is -3.42. The normalized spacial score (nSPS) is 17.6. The lowest BCUT2D eigenvalue weighted by atomic mass is 10.2. The SMILES string of the molecule is Cc1cc(NS(=O)(=O)N2CCCCC2)ccc1N. The molecule has 1 heterocycles. The quantitative estimate of drug-likeness (QED) is 0.820. The molecule has 1 aromatic rings. The predicted octanol–water partition coefficient (Wildman–Crippen LogP) is 1.72. The smallest absolute Gasteiger partial charge is 0.301 e. The van der Waals surface area contributed by atoms with E-state index in [-0.39, 0.29) is 0 Å². The topological polar surface area (TPSA) is 75.4 Å². The lowest BCUT2D eigenvalue weighted by Gasteiger charge is -2.26. The first-order valence-corrected chi connectivity index (χ1v) is 7.57. The summed E-state index contributed by atoms with van der Waals surface area (Å²) in [6, 6.07) is 5.14. The summed E-state index contributed by atoms with van der Waals surface area (Å²) in [6.45, 7) is 3.06. The van der Waals surface area contributed by atoms with Gasteiger partial charge in [0.25, 0.3) is 0 Å². The van der Waals surface area contributed by atoms with Crippen LogP contribution in [-0.2, 0) is 10.2 Å². The van der Waals surface area contributed by atoms with Gasteiger partial charge in [0, 0.05) is 18.8 Å². The molecular weight excluding hydrogens is 250 g/mol. The van der Waals surface area contributed by atoms with Crippen LogP contribution in [-0.4, -0.2) is 25.8 Å². The summed E-state index contributed by atoms with van der Waals surface area (Å²) in [5.41, 5.74) is 7.80. The van der Waals surface area contributed by atoms with Gasteiger partial charge in [0.05, 0.1) is 5.69 Å². The average molecular weight is 269 g/mol. The Labute approximate surface area is 108 Å². The van der Waals surface area contributed by atoms with Crippen molar-refractivity contribution in [1.29, 1.82) is 0 Å². The highest BCUT2D eigenvalue weighted by Gasteiger charge is 2.23. The minimum absolute atomic E-state index is 0.562. The van der Waals surface area contributed by atoms with E-state index in [0.29, 0.717) is 24.5 Å². The second-order valence-corrected chi connectivity index (χ2v) is 6.31. The van der Waals surface area contributed by atoms with E-state index in [1.807, 2.05) is 6.92 Å². The van der Waals surface area contributed by atoms with E-state index in [0.717, 1.165) is 24.8 Å². The largest absolute Gasteiger partial charge is 0.399 e. The lowest BCUT2D eigenvalue weighted by Crippen LogP contribution is -2.39. The summed E-state index contributed by atoms with van der Waals surface area (Å²) in [5, 5.41) is 0. The van der Waals surface area contributed by atoms with Gasteiger partial charge in [-0.3, -0.25) is 4.72 Å². The second kappa shape index (κ2) is 5.16. The summed E-state index contributed by atoms with van der Waals surface area (Å²) < 4.78 is 28.4. The molecule has 0 saturated carbocycles. The van der Waals surface area contributed by atoms with Gasteiger partial charge in [-0.05, 0) is 43.5 Å². The molecule has 1 aliphatic heterocycles. The zero-order valence-electron chi connectivity index (χ0n) is 10.5. The number of anilines is 2. The van der Waals surface area contributed by atoms with Gasteiger partial charge in [0.2, 0.25) is 0 Å². The Morgan fingerprint density at radius 2 is 1.89 bits per heavy atom. The van der Waals surface area contributed by atoms with Crippen molar-refractivity contribution in [3.05, 3.63) is 23.8 Å². The molecule has 1 aromatic carbocycles. The van der Waals surface area contributed by atoms with Crippen LogP contribution in [0.4, 0.5) is 11.4 Å². The molecule has 6 heteroatoms. The van der Waals surface area contributed by atoms with E-state index < -0.39 is 10.2 Å². The molecule has 3 N–H and O–H groups in total. The van der Waals surface area contributed by atoms with Gasteiger partial charge in [0.1, 0.15) is 0 Å². The molecule has 0 unspecified atom stereocenters. The van der Waals surface area contributed by atoms with Crippen molar-refractivity contribution >= 4 is 21.6 Å². The molecule has 0 atom stereocenters. The molecule has 0 bridgehead atoms. The standard InChI is InChI=1S/C12H19N3O2S/c1-10-9-11(5-6-12(10)13)14-18(16,17)15-7-3-2-4-8-15/h5-6,9,14H,2-4,7-8,13H2,1H3. The van der Waals surface area contributed by atoms with Crippen LogP contribution < -0.4 is 10.5 Å². The van der Waals surface area contributed by atoms with Crippen molar-refractivity contribution in [1.82, 2.24) is 4.31 Å². The molecule has 0 amide bonds. The Kier molecular flexibility index (Phi) is 3.77. The van der Waals surface area contributed by atoms with Gasteiger partial charge in [-0.2, -0.15) is 12.7 Å². The number of hydrogen-bond acceptors (Lipinski definition) is 3. The number of nitrogens with one attached hydrogen (secondary N) is 1. The van der Waals surface area contributed by atoms with Crippen molar-refractivity contribution in [2.24, 2.45) is 0 Å². The van der Waals surface area contributed by atoms with E-state index in [1.165, 1.54) is 4.31 Å². The van der Waals surface area contributed by atoms with Gasteiger partial charge in [-0.15, -0.1) is 0 Å². The van der Waals surface area contributed by atoms with Crippen LogP contribution in [0.1, 0.15) is 24.8 Å². The van der Waals surface area contributed by atoms with Gasteiger partial charge < -0.3 is 5.73 Å². The third kappa shape index (κ3) is 2.94. The predicted molar refractivity (Wildman–Crippen MR) is 73.6 cm³/mol. The number of rotatable bonds is 3. The van der Waals surface area contributed by atoms with E-state index in [2.05, 4.69) is 4.72 Å². The molecule has 0 spiro atoms. The van der Waals surface area contributed by atoms with Crippen LogP contribution in [0.15, 0.2) is 18.2 Å². The fourth-order valence-corrected chi connectivity index (χ4v) is 3.35. The van der Waals surface area contributed by atoms with Crippen LogP contribution in [0.25, 0.3) is 0 Å². The molecular formula is C12H19N3O2S. The summed E-state index contributed by atoms with van der Waals surface area (Å²) >= 11 is 0. The van der Waals surface area contributed by atoms with Crippen LogP contribution in [0.2, 0.25) is 0 Å². The third-order valence-corrected chi connectivity index (χ3v) is 4.71. The van der Waals surface area contributed by atoms with Crippen molar-refractivity contribution < 1.29 is 8.42 Å². The Hall–Kier alpha value is -1.27. The molecule has 0 radical (unpaired) electrons. The monoisotopic (exact) mass is 269 g/mol. The maximum Gasteiger partial charge on any atom is 0.301 e. The fraction of sp³-hybridized carbons (Fsp3) is 0.500. The Bertz CT molecular complexity index is 522. The zero-order valence-corrected chi connectivity index (χ0v) is 11.3. The van der Waals surface area contributed by atoms with Crippen LogP contribution >= 0.6 is 0 Å². The number of nitrogens with zero attached hydrogens (tertiary/aromatic N) is 1. The molecule has 100 valence electrons. The first-order chi connectivity index (χ1) is 8.49. The van der Waals surface area contributed by atoms with E-state index >= 15 is 0 Å². The van der Waals surface area contributed by atoms with E-state index in [4.69, 9.17) is 5.73 Å². The number of piperidine rings is 1. The summed E-state index contributed by atoms with van der Waals surface area (Å²) in [6.07, 6.45) is 2.97. The van der Waals surface area contributed by atoms with E-state index in [1.54, 1.807) is 18.2 Å². The van der Waals surface area contributed by atoms with Crippen LogP contribution in [0.5, 0.6) is 0 Å². The van der Waals surface area contributed by atoms with Gasteiger partial charge in [-0.25, -0.2) is 0 Å². The summed E-state index contributed by atoms with van der Waals surface area (Å²) in [4.78, 5) is 0. The number of nitrogens with two attached hydrogens (primary N) is 1. The molecule has 2 rings (SSSR count). The zero-order chi connectivity index (χ0) is 13.2. The minimum atomic E-state index is -3.42. The van der Waals surface area contributed by atoms with E-state index in [9.17, 15) is 8.42 Å². The first kappa shape index (κ1) is 13.2. The van der Waals surface area contributed by atoms with Gasteiger partial charge in [-0.1, -0.05) is 6.42 Å². The van der Waals surface area contributed by atoms with Gasteiger partial charge in [0.15, 0.2) is 0 Å². The Morgan fingerprint density at radius 3 is 2.50 bits per heavy atom. The highest BCUT2D eigenvalue weighted by molar-refractivity contribution is 7.90. The van der Waals surface area contributed by atoms with Crippen molar-refractivity contribution in [2.75, 3.05) is 23.5 Å². The number of aryl methyl sites for hydroxylation is 1. The van der Waals surface area contributed by atoms with Crippen molar-refractivity contribution in [3.63, 3.8) is 0 Å². The highest BCUT2D eigenvalue weighted by Crippen LogP contribution is 2.20. The number of nitrogen functional groups attached to an aromatic ring is 1. The molecule has 1 aliphatic rings. The number of benzene rings is 1. The Morgan fingerprint density at radius 1 is 1.22 bits per heavy atom. The molecule has 1 fully saturated rings. The number of hydrogen-bond donors (Lipinski definition) is 2. The maximum absolute atomic E-state index is 12.1. The van der Waals surface area contributed by atoms with Crippen LogP contribution in [0.3, 0.4) is 0 Å². The molecule has 18 heavy (non-hydrogen) atoms. The van der Waals surface area contributed by atoms with Gasteiger partial charge >= 0.3 is 10.2 Å². The van der Waals surface area contributed by atoms with Crippen LogP contribution in [0, 0.1) is 6.92 Å². The molecule has 5 nitrogen and oxygen atoms in total. The molecule has 0 aromatic heterocycles. The van der Waals surface area contributed by atoms with Crippen molar-refractivity contribution in [3.8, 4) is 0 Å².